The zero-order chi connectivity index (χ0) is 21.3. The van der Waals surface area contributed by atoms with Gasteiger partial charge >= 0.3 is 5.97 Å². The highest BCUT2D eigenvalue weighted by molar-refractivity contribution is 6.46. The van der Waals surface area contributed by atoms with E-state index in [9.17, 15) is 14.4 Å². The molecule has 2 heterocycles. The van der Waals surface area contributed by atoms with Crippen molar-refractivity contribution in [2.45, 2.75) is 13.2 Å². The molecule has 10 nitrogen and oxygen atoms in total. The van der Waals surface area contributed by atoms with Crippen LogP contribution in [-0.2, 0) is 38.1 Å². The lowest BCUT2D eigenvalue weighted by molar-refractivity contribution is -0.197. The van der Waals surface area contributed by atoms with Crippen LogP contribution in [0.1, 0.15) is 6.92 Å². The number of carbonyl (C=O) groups excluding carboxylic acids is 3. The molecule has 2 atom stereocenters. The summed E-state index contributed by atoms with van der Waals surface area (Å²) in [5, 5.41) is 5.24. The number of benzene rings is 1. The second-order valence-corrected chi connectivity index (χ2v) is 6.53. The Bertz CT molecular complexity index is 770. The highest BCUT2D eigenvalue weighted by Crippen LogP contribution is 2.24. The van der Waals surface area contributed by atoms with Crippen LogP contribution < -0.4 is 5.01 Å². The predicted octanol–water partition coefficient (Wildman–Crippen LogP) is 0.544. The van der Waals surface area contributed by atoms with E-state index in [1.807, 2.05) is 0 Å². The third kappa shape index (κ3) is 5.70. The molecule has 0 aromatic heterocycles. The minimum atomic E-state index is -1.33. The zero-order valence-corrected chi connectivity index (χ0v) is 16.7. The summed E-state index contributed by atoms with van der Waals surface area (Å²) in [6.07, 6.45) is -1.11. The van der Waals surface area contributed by atoms with Gasteiger partial charge in [0, 0.05) is 0 Å². The SMILES string of the molecule is CC1=NN(c2ccccc2)C(=O)C1C(=O)C(=O)OC1COCCOCCOCCO1. The minimum Gasteiger partial charge on any atom is -0.427 e. The molecule has 30 heavy (non-hydrogen) atoms. The number of esters is 1. The topological polar surface area (TPSA) is 113 Å². The molecule has 3 rings (SSSR count). The molecule has 0 spiro atoms. The molecule has 0 bridgehead atoms. The molecule has 0 aliphatic carbocycles. The van der Waals surface area contributed by atoms with Crippen molar-refractivity contribution in [1.29, 1.82) is 0 Å². The maximum Gasteiger partial charge on any atom is 0.378 e. The summed E-state index contributed by atoms with van der Waals surface area (Å²) >= 11 is 0. The fourth-order valence-corrected chi connectivity index (χ4v) is 2.89. The van der Waals surface area contributed by atoms with Crippen LogP contribution in [0.3, 0.4) is 0 Å². The largest absolute Gasteiger partial charge is 0.427 e. The summed E-state index contributed by atoms with van der Waals surface area (Å²) in [5.41, 5.74) is 0.719. The first kappa shape index (κ1) is 22.0. The molecule has 2 aliphatic heterocycles. The average Bonchev–Trinajstić information content (AvgIpc) is 3.04. The van der Waals surface area contributed by atoms with Crippen LogP contribution in [0.2, 0.25) is 0 Å². The number of nitrogens with zero attached hydrogens (tertiary/aromatic N) is 2. The quantitative estimate of drug-likeness (QED) is 0.394. The van der Waals surface area contributed by atoms with Crippen LogP contribution >= 0.6 is 0 Å². The van der Waals surface area contributed by atoms with Gasteiger partial charge in [-0.3, -0.25) is 9.59 Å². The van der Waals surface area contributed by atoms with Gasteiger partial charge in [-0.15, -0.1) is 0 Å². The molecule has 1 amide bonds. The molecular weight excluding hydrogens is 396 g/mol. The zero-order valence-electron chi connectivity index (χ0n) is 16.7. The minimum absolute atomic E-state index is 0.0792. The third-order valence-corrected chi connectivity index (χ3v) is 4.36. The first-order valence-electron chi connectivity index (χ1n) is 9.61. The van der Waals surface area contributed by atoms with Crippen molar-refractivity contribution < 1.29 is 38.1 Å². The molecule has 1 aromatic carbocycles. The summed E-state index contributed by atoms with van der Waals surface area (Å²) in [4.78, 5) is 37.8. The Balaban J connectivity index is 1.60. The number of hydrogen-bond donors (Lipinski definition) is 0. The smallest absolute Gasteiger partial charge is 0.378 e. The number of hydrazone groups is 1. The number of ketones is 1. The molecule has 10 heteroatoms. The summed E-state index contributed by atoms with van der Waals surface area (Å²) < 4.78 is 26.5. The van der Waals surface area contributed by atoms with E-state index in [1.54, 1.807) is 30.3 Å². The maximum atomic E-state index is 12.7. The second-order valence-electron chi connectivity index (χ2n) is 6.53. The Morgan fingerprint density at radius 2 is 1.63 bits per heavy atom. The van der Waals surface area contributed by atoms with Crippen molar-refractivity contribution in [1.82, 2.24) is 0 Å². The van der Waals surface area contributed by atoms with Crippen LogP contribution in [0, 0.1) is 5.92 Å². The molecule has 1 saturated heterocycles. The van der Waals surface area contributed by atoms with E-state index in [4.69, 9.17) is 23.7 Å². The Morgan fingerprint density at radius 3 is 2.33 bits per heavy atom. The lowest BCUT2D eigenvalue weighted by Gasteiger charge is -2.20. The van der Waals surface area contributed by atoms with Crippen molar-refractivity contribution in [2.24, 2.45) is 11.0 Å². The first-order valence-corrected chi connectivity index (χ1v) is 9.61. The Kier molecular flexibility index (Phi) is 8.03. The van der Waals surface area contributed by atoms with Crippen LogP contribution in [0.5, 0.6) is 0 Å². The Labute approximate surface area is 173 Å². The van der Waals surface area contributed by atoms with E-state index in [1.165, 1.54) is 6.92 Å². The lowest BCUT2D eigenvalue weighted by Crippen LogP contribution is -2.40. The van der Waals surface area contributed by atoms with Crippen molar-refractivity contribution in [3.8, 4) is 0 Å². The summed E-state index contributed by atoms with van der Waals surface area (Å²) in [6, 6.07) is 8.64. The van der Waals surface area contributed by atoms with E-state index in [2.05, 4.69) is 5.10 Å². The number of anilines is 1. The third-order valence-electron chi connectivity index (χ3n) is 4.36. The standard InChI is InChI=1S/C20H24N2O8/c1-14-17(19(24)22(21-14)15-5-3-2-4-6-15)18(23)20(25)30-16-13-28-10-9-26-7-8-27-11-12-29-16/h2-6,16-17H,7-13H2,1H3. The van der Waals surface area contributed by atoms with Gasteiger partial charge in [-0.1, -0.05) is 18.2 Å². The molecule has 2 unspecified atom stereocenters. The van der Waals surface area contributed by atoms with Gasteiger partial charge < -0.3 is 23.7 Å². The predicted molar refractivity (Wildman–Crippen MR) is 104 cm³/mol. The monoisotopic (exact) mass is 420 g/mol. The van der Waals surface area contributed by atoms with E-state index in [0.717, 1.165) is 5.01 Å². The van der Waals surface area contributed by atoms with Gasteiger partial charge in [0.15, 0.2) is 5.92 Å². The molecule has 2 aliphatic rings. The number of ether oxygens (including phenoxy) is 5. The van der Waals surface area contributed by atoms with E-state index in [-0.39, 0.29) is 32.1 Å². The van der Waals surface area contributed by atoms with Gasteiger partial charge in [0.2, 0.25) is 6.29 Å². The van der Waals surface area contributed by atoms with Crippen LogP contribution in [0.4, 0.5) is 5.69 Å². The maximum absolute atomic E-state index is 12.7. The Morgan fingerprint density at radius 1 is 1.00 bits per heavy atom. The first-order chi connectivity index (χ1) is 14.6. The molecule has 1 aromatic rings. The second kappa shape index (κ2) is 10.9. The van der Waals surface area contributed by atoms with Gasteiger partial charge in [0.05, 0.1) is 51.0 Å². The van der Waals surface area contributed by atoms with E-state index < -0.39 is 29.9 Å². The molecule has 0 saturated carbocycles. The fourth-order valence-electron chi connectivity index (χ4n) is 2.89. The normalized spacial score (nSPS) is 23.8. The number of Topliss-reactive ketones (excluding diaryl/α,β-unsaturated/α-hetero) is 1. The van der Waals surface area contributed by atoms with Crippen molar-refractivity contribution in [3.63, 3.8) is 0 Å². The van der Waals surface area contributed by atoms with Gasteiger partial charge in [0.25, 0.3) is 11.7 Å². The van der Waals surface area contributed by atoms with Gasteiger partial charge in [-0.05, 0) is 19.1 Å². The molecule has 0 N–H and O–H groups in total. The molecular formula is C20H24N2O8. The number of amides is 1. The van der Waals surface area contributed by atoms with Gasteiger partial charge in [-0.2, -0.15) is 10.1 Å². The van der Waals surface area contributed by atoms with Crippen molar-refractivity contribution in [3.05, 3.63) is 30.3 Å². The van der Waals surface area contributed by atoms with E-state index in [0.29, 0.717) is 25.5 Å². The molecule has 162 valence electrons. The number of rotatable bonds is 4. The Hall–Kier alpha value is -2.66. The summed E-state index contributed by atoms with van der Waals surface area (Å²) in [5.74, 6) is -4.13. The number of carbonyl (C=O) groups is 3. The summed E-state index contributed by atoms with van der Waals surface area (Å²) in [6.45, 7) is 3.33. The summed E-state index contributed by atoms with van der Waals surface area (Å²) in [7, 11) is 0. The molecule has 0 radical (unpaired) electrons. The average molecular weight is 420 g/mol. The molecule has 1 fully saturated rings. The van der Waals surface area contributed by atoms with Crippen molar-refractivity contribution in [2.75, 3.05) is 51.3 Å². The number of para-hydroxylation sites is 1. The van der Waals surface area contributed by atoms with E-state index >= 15 is 0 Å². The highest BCUT2D eigenvalue weighted by Gasteiger charge is 2.43. The van der Waals surface area contributed by atoms with Crippen molar-refractivity contribution >= 4 is 29.1 Å². The fraction of sp³-hybridized carbons (Fsp3) is 0.500. The van der Waals surface area contributed by atoms with Crippen LogP contribution in [0.15, 0.2) is 35.4 Å². The van der Waals surface area contributed by atoms with Crippen LogP contribution in [0.25, 0.3) is 0 Å². The highest BCUT2D eigenvalue weighted by atomic mass is 16.7. The number of hydrogen-bond acceptors (Lipinski definition) is 9. The lowest BCUT2D eigenvalue weighted by atomic mass is 9.99. The van der Waals surface area contributed by atoms with Crippen LogP contribution in [-0.4, -0.2) is 75.9 Å². The van der Waals surface area contributed by atoms with Gasteiger partial charge in [-0.25, -0.2) is 4.79 Å². The van der Waals surface area contributed by atoms with Gasteiger partial charge in [0.1, 0.15) is 6.61 Å².